The predicted molar refractivity (Wildman–Crippen MR) is 110 cm³/mol. The standard InChI is InChI=1S/C21H33FN4O3/c1-15-13-25(20(27)29-21(2,3)4)9-10-26(15)17-11-18(22)23-19(12-17)28-14-16-7-6-8-24(16)5/h11-12,15-16H,6-10,13-14H2,1-5H3/t15-,16-/m0/s1. The van der Waals surface area contributed by atoms with Crippen molar-refractivity contribution in [2.24, 2.45) is 0 Å². The molecular weight excluding hydrogens is 375 g/mol. The Hall–Kier alpha value is -2.09. The van der Waals surface area contributed by atoms with Crippen molar-refractivity contribution in [3.8, 4) is 5.88 Å². The van der Waals surface area contributed by atoms with Crippen LogP contribution in [0.1, 0.15) is 40.5 Å². The zero-order valence-corrected chi connectivity index (χ0v) is 18.2. The summed E-state index contributed by atoms with van der Waals surface area (Å²) in [6.07, 6.45) is 1.93. The van der Waals surface area contributed by atoms with Crippen molar-refractivity contribution in [3.05, 3.63) is 18.1 Å². The van der Waals surface area contributed by atoms with Gasteiger partial charge in [-0.25, -0.2) is 4.79 Å². The molecule has 1 aromatic rings. The first-order valence-corrected chi connectivity index (χ1v) is 10.4. The third kappa shape index (κ3) is 5.72. The second-order valence-electron chi connectivity index (χ2n) is 9.04. The first-order chi connectivity index (χ1) is 13.6. The van der Waals surface area contributed by atoms with Gasteiger partial charge in [-0.3, -0.25) is 0 Å². The van der Waals surface area contributed by atoms with E-state index in [1.54, 1.807) is 11.0 Å². The SMILES string of the molecule is C[C@H]1CN(C(=O)OC(C)(C)C)CCN1c1cc(F)nc(OC[C@@H]2CCCN2C)c1. The van der Waals surface area contributed by atoms with Crippen molar-refractivity contribution in [2.75, 3.05) is 44.7 Å². The maximum atomic E-state index is 14.2. The fourth-order valence-corrected chi connectivity index (χ4v) is 3.90. The van der Waals surface area contributed by atoms with Crippen LogP contribution in [0.3, 0.4) is 0 Å². The number of carbonyl (C=O) groups is 1. The van der Waals surface area contributed by atoms with Crippen LogP contribution in [0.5, 0.6) is 5.88 Å². The van der Waals surface area contributed by atoms with E-state index in [1.807, 2.05) is 27.7 Å². The molecule has 0 aliphatic carbocycles. The molecular formula is C21H33FN4O3. The summed E-state index contributed by atoms with van der Waals surface area (Å²) in [6.45, 7) is 10.8. The van der Waals surface area contributed by atoms with Gasteiger partial charge in [-0.2, -0.15) is 9.37 Å². The van der Waals surface area contributed by atoms with Crippen molar-refractivity contribution in [1.82, 2.24) is 14.8 Å². The smallest absolute Gasteiger partial charge is 0.410 e. The highest BCUT2D eigenvalue weighted by atomic mass is 19.1. The highest BCUT2D eigenvalue weighted by Gasteiger charge is 2.30. The van der Waals surface area contributed by atoms with Crippen LogP contribution in [0.2, 0.25) is 0 Å². The number of halogens is 1. The Morgan fingerprint density at radius 1 is 1.28 bits per heavy atom. The number of likely N-dealkylation sites (tertiary alicyclic amines) is 1. The van der Waals surface area contributed by atoms with Crippen molar-refractivity contribution in [1.29, 1.82) is 0 Å². The van der Waals surface area contributed by atoms with E-state index in [9.17, 15) is 9.18 Å². The summed E-state index contributed by atoms with van der Waals surface area (Å²) >= 11 is 0. The number of hydrogen-bond donors (Lipinski definition) is 0. The van der Waals surface area contributed by atoms with Gasteiger partial charge in [0.05, 0.1) is 0 Å². The summed E-state index contributed by atoms with van der Waals surface area (Å²) in [6, 6.07) is 3.58. The molecule has 0 bridgehead atoms. The normalized spacial score (nSPS) is 23.4. The second kappa shape index (κ2) is 8.73. The third-order valence-electron chi connectivity index (χ3n) is 5.46. The lowest BCUT2D eigenvalue weighted by atomic mass is 10.1. The third-order valence-corrected chi connectivity index (χ3v) is 5.46. The zero-order valence-electron chi connectivity index (χ0n) is 18.2. The Morgan fingerprint density at radius 2 is 2.03 bits per heavy atom. The number of aromatic nitrogens is 1. The molecule has 0 unspecified atom stereocenters. The van der Waals surface area contributed by atoms with E-state index in [1.165, 1.54) is 6.07 Å². The van der Waals surface area contributed by atoms with Gasteiger partial charge in [0, 0.05) is 49.5 Å². The Labute approximate surface area is 172 Å². The Bertz CT molecular complexity index is 724. The lowest BCUT2D eigenvalue weighted by Gasteiger charge is -2.41. The number of rotatable bonds is 4. The molecule has 0 radical (unpaired) electrons. The van der Waals surface area contributed by atoms with E-state index in [0.29, 0.717) is 38.2 Å². The van der Waals surface area contributed by atoms with Crippen LogP contribution in [0.4, 0.5) is 14.9 Å². The molecule has 2 atom stereocenters. The van der Waals surface area contributed by atoms with Gasteiger partial charge in [-0.15, -0.1) is 0 Å². The molecule has 7 nitrogen and oxygen atoms in total. The molecule has 0 spiro atoms. The van der Waals surface area contributed by atoms with E-state index >= 15 is 0 Å². The fourth-order valence-electron chi connectivity index (χ4n) is 3.90. The molecule has 2 fully saturated rings. The van der Waals surface area contributed by atoms with Crippen LogP contribution in [0.25, 0.3) is 0 Å². The zero-order chi connectivity index (χ0) is 21.2. The van der Waals surface area contributed by atoms with Gasteiger partial charge in [-0.1, -0.05) is 0 Å². The molecule has 8 heteroatoms. The van der Waals surface area contributed by atoms with Gasteiger partial charge in [0.1, 0.15) is 12.2 Å². The van der Waals surface area contributed by atoms with Gasteiger partial charge >= 0.3 is 6.09 Å². The van der Waals surface area contributed by atoms with Crippen LogP contribution < -0.4 is 9.64 Å². The molecule has 0 aromatic carbocycles. The van der Waals surface area contributed by atoms with Crippen molar-refractivity contribution in [2.45, 2.75) is 58.2 Å². The van der Waals surface area contributed by atoms with E-state index in [-0.39, 0.29) is 12.1 Å². The van der Waals surface area contributed by atoms with E-state index < -0.39 is 11.5 Å². The van der Waals surface area contributed by atoms with E-state index in [0.717, 1.165) is 25.1 Å². The van der Waals surface area contributed by atoms with Crippen LogP contribution in [0.15, 0.2) is 12.1 Å². The summed E-state index contributed by atoms with van der Waals surface area (Å²) in [5.41, 5.74) is 0.203. The van der Waals surface area contributed by atoms with Gasteiger partial charge in [-0.05, 0) is 54.1 Å². The first-order valence-electron chi connectivity index (χ1n) is 10.4. The second-order valence-corrected chi connectivity index (χ2v) is 9.04. The Kier molecular flexibility index (Phi) is 6.51. The molecule has 162 valence electrons. The summed E-state index contributed by atoms with van der Waals surface area (Å²) in [5.74, 6) is -0.249. The number of amides is 1. The molecule has 1 aromatic heterocycles. The van der Waals surface area contributed by atoms with Crippen LogP contribution in [0, 0.1) is 5.95 Å². The number of piperazine rings is 1. The van der Waals surface area contributed by atoms with Crippen LogP contribution in [-0.2, 0) is 4.74 Å². The van der Waals surface area contributed by atoms with Crippen LogP contribution >= 0.6 is 0 Å². The molecule has 3 rings (SSSR count). The Morgan fingerprint density at radius 3 is 2.66 bits per heavy atom. The number of hydrogen-bond acceptors (Lipinski definition) is 6. The first kappa shape index (κ1) is 21.6. The Balaban J connectivity index is 1.63. The summed E-state index contributed by atoms with van der Waals surface area (Å²) < 4.78 is 25.5. The van der Waals surface area contributed by atoms with Gasteiger partial charge in [0.15, 0.2) is 0 Å². The predicted octanol–water partition coefficient (Wildman–Crippen LogP) is 3.14. The summed E-state index contributed by atoms with van der Waals surface area (Å²) in [7, 11) is 2.08. The van der Waals surface area contributed by atoms with Gasteiger partial charge in [0.2, 0.25) is 11.8 Å². The largest absolute Gasteiger partial charge is 0.476 e. The fraction of sp³-hybridized carbons (Fsp3) is 0.714. The number of carbonyl (C=O) groups excluding carboxylic acids is 1. The van der Waals surface area contributed by atoms with Gasteiger partial charge in [0.25, 0.3) is 0 Å². The lowest BCUT2D eigenvalue weighted by Crippen LogP contribution is -2.54. The minimum Gasteiger partial charge on any atom is -0.476 e. The van der Waals surface area contributed by atoms with Crippen molar-refractivity contribution in [3.63, 3.8) is 0 Å². The number of anilines is 1. The maximum absolute atomic E-state index is 14.2. The van der Waals surface area contributed by atoms with Crippen LogP contribution in [-0.4, -0.2) is 78.4 Å². The summed E-state index contributed by atoms with van der Waals surface area (Å²) in [4.78, 5) is 22.3. The number of ether oxygens (including phenoxy) is 2. The average molecular weight is 409 g/mol. The van der Waals surface area contributed by atoms with Gasteiger partial charge < -0.3 is 24.2 Å². The molecule has 1 amide bonds. The molecule has 3 heterocycles. The average Bonchev–Trinajstić information content (AvgIpc) is 3.03. The van der Waals surface area contributed by atoms with Crippen molar-refractivity contribution < 1.29 is 18.7 Å². The maximum Gasteiger partial charge on any atom is 0.410 e. The molecule has 2 aliphatic rings. The summed E-state index contributed by atoms with van der Waals surface area (Å²) in [5, 5.41) is 0. The quantitative estimate of drug-likeness (QED) is 0.714. The molecule has 0 N–H and O–H groups in total. The highest BCUT2D eigenvalue weighted by molar-refractivity contribution is 5.69. The highest BCUT2D eigenvalue weighted by Crippen LogP contribution is 2.26. The molecule has 0 saturated carbocycles. The minimum atomic E-state index is -0.556. The van der Waals surface area contributed by atoms with E-state index in [2.05, 4.69) is 21.8 Å². The molecule has 2 aliphatic heterocycles. The minimum absolute atomic E-state index is 0.0203. The monoisotopic (exact) mass is 408 g/mol. The lowest BCUT2D eigenvalue weighted by molar-refractivity contribution is 0.0218. The van der Waals surface area contributed by atoms with Crippen molar-refractivity contribution >= 4 is 11.8 Å². The number of pyridine rings is 1. The topological polar surface area (TPSA) is 58.1 Å². The molecule has 2 saturated heterocycles. The molecule has 29 heavy (non-hydrogen) atoms. The number of nitrogens with zero attached hydrogens (tertiary/aromatic N) is 4. The number of likely N-dealkylation sites (N-methyl/N-ethyl adjacent to an activating group) is 1. The van der Waals surface area contributed by atoms with E-state index in [4.69, 9.17) is 9.47 Å².